The van der Waals surface area contributed by atoms with Crippen LogP contribution in [0.15, 0.2) is 42.5 Å². The van der Waals surface area contributed by atoms with Gasteiger partial charge < -0.3 is 19.9 Å². The highest BCUT2D eigenvalue weighted by Crippen LogP contribution is 2.46. The second-order valence-electron chi connectivity index (χ2n) is 6.12. The molecule has 0 atom stereocenters. The van der Waals surface area contributed by atoms with Crippen molar-refractivity contribution >= 4 is 11.5 Å². The molecule has 1 heterocycles. The highest BCUT2D eigenvalue weighted by molar-refractivity contribution is 5.85. The van der Waals surface area contributed by atoms with Crippen molar-refractivity contribution in [2.75, 3.05) is 27.1 Å². The van der Waals surface area contributed by atoms with E-state index in [0.717, 1.165) is 0 Å². The van der Waals surface area contributed by atoms with Gasteiger partial charge in [-0.1, -0.05) is 12.1 Å². The van der Waals surface area contributed by atoms with E-state index in [9.17, 15) is 15.4 Å². The number of nitro groups is 1. The Morgan fingerprint density at radius 3 is 2.37 bits per heavy atom. The van der Waals surface area contributed by atoms with Gasteiger partial charge in [-0.2, -0.15) is 5.26 Å². The number of anilines is 1. The zero-order valence-corrected chi connectivity index (χ0v) is 16.5. The molecule has 9 nitrogen and oxygen atoms in total. The van der Waals surface area contributed by atoms with Crippen LogP contribution in [0.1, 0.15) is 5.56 Å². The fourth-order valence-electron chi connectivity index (χ4n) is 3.13. The molecule has 0 radical (unpaired) electrons. The van der Waals surface area contributed by atoms with Crippen LogP contribution in [0, 0.1) is 21.4 Å². The van der Waals surface area contributed by atoms with Crippen molar-refractivity contribution in [3.63, 3.8) is 0 Å². The highest BCUT2D eigenvalue weighted by atomic mass is 16.6. The number of benzene rings is 2. The number of pyridine rings is 1. The van der Waals surface area contributed by atoms with Gasteiger partial charge in [-0.05, 0) is 18.2 Å². The van der Waals surface area contributed by atoms with Gasteiger partial charge >= 0.3 is 0 Å². The van der Waals surface area contributed by atoms with Gasteiger partial charge in [0.15, 0.2) is 11.5 Å². The molecule has 0 aliphatic rings. The molecular weight excluding hydrogens is 388 g/mol. The minimum atomic E-state index is -0.491. The largest absolute Gasteiger partial charge is 0.493 e. The lowest BCUT2D eigenvalue weighted by Gasteiger charge is -2.17. The summed E-state index contributed by atoms with van der Waals surface area (Å²) in [6, 6.07) is 13.1. The third-order valence-corrected chi connectivity index (χ3v) is 4.51. The summed E-state index contributed by atoms with van der Waals surface area (Å²) in [5, 5.41) is 20.8. The van der Waals surface area contributed by atoms with E-state index in [1.165, 1.54) is 33.5 Å². The van der Waals surface area contributed by atoms with Crippen LogP contribution >= 0.6 is 0 Å². The van der Waals surface area contributed by atoms with Gasteiger partial charge in [-0.15, -0.1) is 0 Å². The Morgan fingerprint density at radius 1 is 1.03 bits per heavy atom. The lowest BCUT2D eigenvalue weighted by atomic mass is 9.97. The van der Waals surface area contributed by atoms with Gasteiger partial charge in [0.05, 0.1) is 31.9 Å². The Balaban J connectivity index is 2.30. The number of aromatic nitrogens is 1. The first kappa shape index (κ1) is 20.4. The number of ether oxygens (including phenoxy) is 3. The molecule has 0 aliphatic carbocycles. The number of methoxy groups -OCH3 is 3. The van der Waals surface area contributed by atoms with E-state index in [-0.39, 0.29) is 17.1 Å². The van der Waals surface area contributed by atoms with Crippen molar-refractivity contribution in [3.8, 4) is 45.7 Å². The average Bonchev–Trinajstić information content (AvgIpc) is 2.77. The molecule has 30 heavy (non-hydrogen) atoms. The third-order valence-electron chi connectivity index (χ3n) is 4.51. The standard InChI is InChI=1S/C21H18N4O5/c1-28-18-8-7-14(19(29-2)20(18)30-3)15-10-17(24-21(23)16(15)11-22)12-5-4-6-13(9-12)25(26)27/h4-10H,1-3H3,(H2,23,24). The smallest absolute Gasteiger partial charge is 0.270 e. The van der Waals surface area contributed by atoms with Crippen LogP contribution in [-0.4, -0.2) is 31.2 Å². The molecule has 3 aromatic rings. The summed E-state index contributed by atoms with van der Waals surface area (Å²) >= 11 is 0. The molecule has 2 N–H and O–H groups in total. The molecule has 0 fully saturated rings. The maximum atomic E-state index is 11.1. The third kappa shape index (κ3) is 3.54. The molecule has 0 saturated heterocycles. The summed E-state index contributed by atoms with van der Waals surface area (Å²) in [5.41, 5.74) is 7.97. The lowest BCUT2D eigenvalue weighted by Crippen LogP contribution is -2.02. The number of nitrogen functional groups attached to an aromatic ring is 1. The van der Waals surface area contributed by atoms with E-state index in [2.05, 4.69) is 11.1 Å². The first-order valence-corrected chi connectivity index (χ1v) is 8.69. The maximum Gasteiger partial charge on any atom is 0.270 e. The number of non-ortho nitro benzene ring substituents is 1. The van der Waals surface area contributed by atoms with Crippen LogP contribution in [0.5, 0.6) is 17.2 Å². The van der Waals surface area contributed by atoms with Gasteiger partial charge in [0.2, 0.25) is 5.75 Å². The summed E-state index contributed by atoms with van der Waals surface area (Å²) in [6.45, 7) is 0. The molecule has 2 aromatic carbocycles. The van der Waals surface area contributed by atoms with Crippen LogP contribution in [0.2, 0.25) is 0 Å². The first-order valence-electron chi connectivity index (χ1n) is 8.69. The number of nitro benzene ring substituents is 1. The topological polar surface area (TPSA) is 134 Å². The first-order chi connectivity index (χ1) is 14.4. The quantitative estimate of drug-likeness (QED) is 0.482. The van der Waals surface area contributed by atoms with Crippen LogP contribution < -0.4 is 19.9 Å². The second-order valence-corrected chi connectivity index (χ2v) is 6.12. The van der Waals surface area contributed by atoms with Crippen molar-refractivity contribution in [3.05, 3.63) is 58.1 Å². The monoisotopic (exact) mass is 406 g/mol. The molecule has 0 spiro atoms. The Morgan fingerprint density at radius 2 is 1.77 bits per heavy atom. The lowest BCUT2D eigenvalue weighted by molar-refractivity contribution is -0.384. The van der Waals surface area contributed by atoms with Gasteiger partial charge in [-0.3, -0.25) is 10.1 Å². The van der Waals surface area contributed by atoms with E-state index in [4.69, 9.17) is 19.9 Å². The summed E-state index contributed by atoms with van der Waals surface area (Å²) in [7, 11) is 4.45. The summed E-state index contributed by atoms with van der Waals surface area (Å²) in [6.07, 6.45) is 0. The number of nitriles is 1. The van der Waals surface area contributed by atoms with Gasteiger partial charge in [-0.25, -0.2) is 4.98 Å². The number of nitrogens with two attached hydrogens (primary N) is 1. The molecule has 0 bridgehead atoms. The Bertz CT molecular complexity index is 1170. The van der Waals surface area contributed by atoms with Crippen molar-refractivity contribution in [2.45, 2.75) is 0 Å². The van der Waals surface area contributed by atoms with E-state index in [1.807, 2.05) is 0 Å². The predicted molar refractivity (Wildman–Crippen MR) is 111 cm³/mol. The molecule has 0 saturated carbocycles. The molecule has 0 amide bonds. The van der Waals surface area contributed by atoms with Crippen LogP contribution in [0.3, 0.4) is 0 Å². The Hall–Kier alpha value is -4.32. The van der Waals surface area contributed by atoms with Crippen LogP contribution in [-0.2, 0) is 0 Å². The Labute approximate surface area is 172 Å². The van der Waals surface area contributed by atoms with Gasteiger partial charge in [0, 0.05) is 28.8 Å². The fourth-order valence-corrected chi connectivity index (χ4v) is 3.13. The zero-order valence-electron chi connectivity index (χ0n) is 16.5. The average molecular weight is 406 g/mol. The predicted octanol–water partition coefficient (Wildman–Crippen LogP) is 3.80. The van der Waals surface area contributed by atoms with E-state index in [1.54, 1.807) is 30.3 Å². The molecule has 0 unspecified atom stereocenters. The molecule has 9 heteroatoms. The number of hydrogen-bond donors (Lipinski definition) is 1. The van der Waals surface area contributed by atoms with Crippen molar-refractivity contribution in [2.24, 2.45) is 0 Å². The number of hydrogen-bond acceptors (Lipinski definition) is 8. The van der Waals surface area contributed by atoms with E-state index < -0.39 is 4.92 Å². The Kier molecular flexibility index (Phi) is 5.69. The number of nitrogens with zero attached hydrogens (tertiary/aromatic N) is 3. The molecule has 3 rings (SSSR count). The minimum absolute atomic E-state index is 0.00616. The SMILES string of the molecule is COc1ccc(-c2cc(-c3cccc([N+](=O)[O-])c3)nc(N)c2C#N)c(OC)c1OC. The fraction of sp³-hybridized carbons (Fsp3) is 0.143. The zero-order chi connectivity index (χ0) is 21.8. The van der Waals surface area contributed by atoms with Crippen LogP contribution in [0.4, 0.5) is 11.5 Å². The van der Waals surface area contributed by atoms with Crippen LogP contribution in [0.25, 0.3) is 22.4 Å². The minimum Gasteiger partial charge on any atom is -0.493 e. The van der Waals surface area contributed by atoms with Crippen molar-refractivity contribution in [1.29, 1.82) is 5.26 Å². The van der Waals surface area contributed by atoms with Crippen molar-refractivity contribution in [1.82, 2.24) is 4.98 Å². The molecule has 1 aromatic heterocycles. The second kappa shape index (κ2) is 8.36. The van der Waals surface area contributed by atoms with Gasteiger partial charge in [0.1, 0.15) is 17.5 Å². The number of rotatable bonds is 6. The molecule has 152 valence electrons. The van der Waals surface area contributed by atoms with E-state index in [0.29, 0.717) is 39.6 Å². The summed E-state index contributed by atoms with van der Waals surface area (Å²) < 4.78 is 16.3. The summed E-state index contributed by atoms with van der Waals surface area (Å²) in [4.78, 5) is 14.9. The normalized spacial score (nSPS) is 10.2. The maximum absolute atomic E-state index is 11.1. The van der Waals surface area contributed by atoms with Gasteiger partial charge in [0.25, 0.3) is 5.69 Å². The van der Waals surface area contributed by atoms with Crippen molar-refractivity contribution < 1.29 is 19.1 Å². The molecule has 0 aliphatic heterocycles. The van der Waals surface area contributed by atoms with E-state index >= 15 is 0 Å². The highest BCUT2D eigenvalue weighted by Gasteiger charge is 2.22. The molecular formula is C21H18N4O5. The summed E-state index contributed by atoms with van der Waals surface area (Å²) in [5.74, 6) is 1.16.